The maximum atomic E-state index is 12.3. The summed E-state index contributed by atoms with van der Waals surface area (Å²) in [5.74, 6) is 2.80. The number of nitrogens with one attached hydrogen (secondary N) is 2. The monoisotopic (exact) mass is 534 g/mol. The summed E-state index contributed by atoms with van der Waals surface area (Å²) >= 11 is 0. The lowest BCUT2D eigenvalue weighted by molar-refractivity contribution is 0.108. The second kappa shape index (κ2) is 12.4. The van der Waals surface area contributed by atoms with Crippen LogP contribution in [-0.2, 0) is 14.8 Å². The van der Waals surface area contributed by atoms with E-state index in [0.29, 0.717) is 57.5 Å². The van der Waals surface area contributed by atoms with Crippen LogP contribution >= 0.6 is 0 Å². The third kappa shape index (κ3) is 6.88. The molecule has 1 aromatic heterocycles. The third-order valence-electron chi connectivity index (χ3n) is 6.66. The molecule has 0 amide bonds. The molecule has 2 fully saturated rings. The van der Waals surface area contributed by atoms with Gasteiger partial charge in [0.2, 0.25) is 10.0 Å². The summed E-state index contributed by atoms with van der Waals surface area (Å²) in [5, 5.41) is 16.4. The number of hydrogen-bond donors (Lipinski definition) is 3. The van der Waals surface area contributed by atoms with E-state index < -0.39 is 16.1 Å². The number of nitrogens with zero attached hydrogens (tertiary/aromatic N) is 4. The molecule has 37 heavy (non-hydrogen) atoms. The molecule has 1 aromatic carbocycles. The highest BCUT2D eigenvalue weighted by Crippen LogP contribution is 2.31. The normalized spacial score (nSPS) is 19.7. The van der Waals surface area contributed by atoms with Gasteiger partial charge in [0.1, 0.15) is 30.1 Å². The molecule has 12 heteroatoms. The summed E-state index contributed by atoms with van der Waals surface area (Å²) in [4.78, 5) is 11.9. The van der Waals surface area contributed by atoms with Gasteiger partial charge in [-0.3, -0.25) is 0 Å². The number of aromatic nitrogens is 2. The fourth-order valence-corrected chi connectivity index (χ4v) is 5.58. The number of sulfonamides is 1. The Morgan fingerprint density at radius 3 is 2.70 bits per heavy atom. The van der Waals surface area contributed by atoms with Gasteiger partial charge in [-0.25, -0.2) is 18.4 Å². The lowest BCUT2D eigenvalue weighted by atomic mass is 10.1. The molecule has 2 aromatic rings. The van der Waals surface area contributed by atoms with Crippen LogP contribution in [0.25, 0.3) is 11.4 Å². The highest BCUT2D eigenvalue weighted by molar-refractivity contribution is 7.89. The minimum Gasteiger partial charge on any atom is -0.491 e. The molecule has 2 saturated heterocycles. The van der Waals surface area contributed by atoms with Gasteiger partial charge in [-0.2, -0.15) is 4.31 Å². The number of rotatable bonds is 11. The quantitative estimate of drug-likeness (QED) is 0.385. The van der Waals surface area contributed by atoms with E-state index in [9.17, 15) is 13.5 Å². The molecular weight excluding hydrogens is 496 g/mol. The zero-order valence-corrected chi connectivity index (χ0v) is 22.6. The molecule has 3 N–H and O–H groups in total. The van der Waals surface area contributed by atoms with Crippen LogP contribution in [0.2, 0.25) is 0 Å². The molecule has 2 unspecified atom stereocenters. The molecule has 0 aliphatic carbocycles. The van der Waals surface area contributed by atoms with Gasteiger partial charge in [-0.15, -0.1) is 0 Å². The molecule has 0 radical (unpaired) electrons. The fourth-order valence-electron chi connectivity index (χ4n) is 4.50. The fraction of sp³-hybridized carbons (Fsp3) is 0.600. The molecule has 0 saturated carbocycles. The van der Waals surface area contributed by atoms with Crippen LogP contribution < -0.4 is 20.3 Å². The highest BCUT2D eigenvalue weighted by Gasteiger charge is 2.28. The van der Waals surface area contributed by atoms with E-state index in [2.05, 4.69) is 15.5 Å². The number of ether oxygens (including phenoxy) is 2. The van der Waals surface area contributed by atoms with Gasteiger partial charge in [0.15, 0.2) is 5.82 Å². The van der Waals surface area contributed by atoms with Crippen molar-refractivity contribution in [2.75, 3.05) is 75.6 Å². The largest absolute Gasteiger partial charge is 0.491 e. The van der Waals surface area contributed by atoms with E-state index in [1.54, 1.807) is 18.3 Å². The van der Waals surface area contributed by atoms with Gasteiger partial charge in [0.05, 0.1) is 18.4 Å². The minimum absolute atomic E-state index is 0.103. The Morgan fingerprint density at radius 2 is 2.03 bits per heavy atom. The number of aliphatic hydroxyl groups is 1. The average molecular weight is 535 g/mol. The van der Waals surface area contributed by atoms with Gasteiger partial charge in [0.25, 0.3) is 0 Å². The molecule has 0 spiro atoms. The summed E-state index contributed by atoms with van der Waals surface area (Å²) in [6.07, 6.45) is 0.287. The van der Waals surface area contributed by atoms with Gasteiger partial charge in [0, 0.05) is 50.5 Å². The lowest BCUT2D eigenvalue weighted by Gasteiger charge is -2.35. The second-order valence-corrected chi connectivity index (χ2v) is 11.6. The summed E-state index contributed by atoms with van der Waals surface area (Å²) < 4.78 is 37.6. The topological polar surface area (TPSA) is 129 Å². The van der Waals surface area contributed by atoms with Crippen LogP contribution in [-0.4, -0.2) is 105 Å². The molecule has 2 aliphatic heterocycles. The number of anilines is 2. The van der Waals surface area contributed by atoms with Gasteiger partial charge >= 0.3 is 0 Å². The molecule has 3 heterocycles. The van der Waals surface area contributed by atoms with Crippen LogP contribution in [0.3, 0.4) is 0 Å². The van der Waals surface area contributed by atoms with Crippen molar-refractivity contribution in [1.29, 1.82) is 0 Å². The number of aliphatic hydroxyl groups excluding tert-OH is 1. The maximum Gasteiger partial charge on any atom is 0.213 e. The Hall–Kier alpha value is -2.51. The molecule has 204 valence electrons. The van der Waals surface area contributed by atoms with Gasteiger partial charge in [-0.1, -0.05) is 12.1 Å². The predicted octanol–water partition coefficient (Wildman–Crippen LogP) is 1.08. The van der Waals surface area contributed by atoms with E-state index in [0.717, 1.165) is 29.2 Å². The summed E-state index contributed by atoms with van der Waals surface area (Å²) in [7, 11) is -1.44. The van der Waals surface area contributed by atoms with E-state index in [4.69, 9.17) is 19.4 Å². The molecule has 4 rings (SSSR count). The Labute approximate surface area is 219 Å². The lowest BCUT2D eigenvalue weighted by Crippen LogP contribution is -2.49. The number of likely N-dealkylation sites (N-methyl/N-ethyl adjacent to an activating group) is 1. The van der Waals surface area contributed by atoms with Crippen LogP contribution in [0.5, 0.6) is 5.75 Å². The number of hydrogen-bond acceptors (Lipinski definition) is 10. The molecule has 11 nitrogen and oxygen atoms in total. The zero-order chi connectivity index (χ0) is 26.4. The standard InChI is InChI=1S/C25H38N6O5S/c1-4-37(33,34)31-11-9-30(10-12-31)25-18(2)23(27-20-8-13-35-16-20)28-24(29-25)19-6-5-7-22(14-19)36-17-21(32)15-26-3/h5-7,14,20-21,26,32H,4,8-13,15-17H2,1-3H3,(H,27,28,29). The van der Waals surface area contributed by atoms with Crippen molar-refractivity contribution in [1.82, 2.24) is 19.6 Å². The first kappa shape index (κ1) is 27.5. The van der Waals surface area contributed by atoms with Crippen molar-refractivity contribution >= 4 is 21.7 Å². The van der Waals surface area contributed by atoms with Crippen molar-refractivity contribution in [3.05, 3.63) is 29.8 Å². The summed E-state index contributed by atoms with van der Waals surface area (Å²) in [6, 6.07) is 7.69. The van der Waals surface area contributed by atoms with Crippen molar-refractivity contribution in [2.45, 2.75) is 32.4 Å². The van der Waals surface area contributed by atoms with Crippen LogP contribution in [0, 0.1) is 6.92 Å². The van der Waals surface area contributed by atoms with Crippen molar-refractivity contribution in [3.63, 3.8) is 0 Å². The van der Waals surface area contributed by atoms with Crippen LogP contribution in [0.15, 0.2) is 24.3 Å². The van der Waals surface area contributed by atoms with Gasteiger partial charge < -0.3 is 30.1 Å². The molecule has 2 atom stereocenters. The SMILES string of the molecule is CCS(=O)(=O)N1CCN(c2nc(-c3cccc(OCC(O)CNC)c3)nc(NC3CCOC3)c2C)CC1. The maximum absolute atomic E-state index is 12.3. The first-order valence-electron chi connectivity index (χ1n) is 12.8. The third-order valence-corrected chi connectivity index (χ3v) is 8.54. The number of benzene rings is 1. The summed E-state index contributed by atoms with van der Waals surface area (Å²) in [6.45, 7) is 7.57. The highest BCUT2D eigenvalue weighted by atomic mass is 32.2. The van der Waals surface area contributed by atoms with Crippen LogP contribution in [0.1, 0.15) is 18.9 Å². The molecular formula is C25H38N6O5S. The van der Waals surface area contributed by atoms with E-state index in [1.807, 2.05) is 31.2 Å². The first-order chi connectivity index (χ1) is 17.8. The van der Waals surface area contributed by atoms with Gasteiger partial charge in [-0.05, 0) is 39.4 Å². The zero-order valence-electron chi connectivity index (χ0n) is 21.8. The smallest absolute Gasteiger partial charge is 0.213 e. The minimum atomic E-state index is -3.22. The Balaban J connectivity index is 1.61. The summed E-state index contributed by atoms with van der Waals surface area (Å²) in [5.41, 5.74) is 1.71. The number of piperazine rings is 1. The van der Waals surface area contributed by atoms with E-state index >= 15 is 0 Å². The van der Waals surface area contributed by atoms with Crippen molar-refractivity contribution in [2.24, 2.45) is 0 Å². The average Bonchev–Trinajstić information content (AvgIpc) is 3.42. The Morgan fingerprint density at radius 1 is 1.24 bits per heavy atom. The molecule has 0 bridgehead atoms. The van der Waals surface area contributed by atoms with Crippen molar-refractivity contribution < 1.29 is 23.0 Å². The van der Waals surface area contributed by atoms with Crippen molar-refractivity contribution in [3.8, 4) is 17.1 Å². The Kier molecular flexibility index (Phi) is 9.19. The van der Waals surface area contributed by atoms with E-state index in [-0.39, 0.29) is 18.4 Å². The van der Waals surface area contributed by atoms with E-state index in [1.165, 1.54) is 0 Å². The predicted molar refractivity (Wildman–Crippen MR) is 144 cm³/mol. The molecule has 2 aliphatic rings. The first-order valence-corrected chi connectivity index (χ1v) is 14.4. The van der Waals surface area contributed by atoms with Crippen LogP contribution in [0.4, 0.5) is 11.6 Å². The second-order valence-electron chi connectivity index (χ2n) is 9.39. The Bertz CT molecular complexity index is 1150.